The third kappa shape index (κ3) is 5.78. The fraction of sp³-hybridized carbons (Fsp3) is 0.219. The molecule has 0 aliphatic carbocycles. The number of nitrogens with zero attached hydrogens (tertiary/aromatic N) is 5. The van der Waals surface area contributed by atoms with E-state index in [1.54, 1.807) is 35.5 Å². The molecule has 0 saturated carbocycles. The van der Waals surface area contributed by atoms with Crippen LogP contribution in [0.3, 0.4) is 0 Å². The van der Waals surface area contributed by atoms with E-state index in [2.05, 4.69) is 20.3 Å². The minimum absolute atomic E-state index is 0.0517. The van der Waals surface area contributed by atoms with E-state index in [9.17, 15) is 14.0 Å². The van der Waals surface area contributed by atoms with Gasteiger partial charge in [-0.1, -0.05) is 50.6 Å². The second kappa shape index (κ2) is 11.1. The van der Waals surface area contributed by atoms with Crippen molar-refractivity contribution >= 4 is 46.0 Å². The van der Waals surface area contributed by atoms with Crippen LogP contribution in [0.25, 0.3) is 22.2 Å². The highest BCUT2D eigenvalue weighted by atomic mass is 35.5. The van der Waals surface area contributed by atoms with E-state index in [-0.39, 0.29) is 35.7 Å². The molecule has 0 bridgehead atoms. The molecule has 1 aliphatic rings. The predicted octanol–water partition coefficient (Wildman–Crippen LogP) is 6.36. The highest BCUT2D eigenvalue weighted by Crippen LogP contribution is 2.34. The number of imidazole rings is 1. The Balaban J connectivity index is 1.25. The molecule has 218 valence electrons. The summed E-state index contributed by atoms with van der Waals surface area (Å²) in [6.07, 6.45) is 3.19. The lowest BCUT2D eigenvalue weighted by atomic mass is 9.94. The van der Waals surface area contributed by atoms with E-state index in [1.807, 2.05) is 49.6 Å². The number of aromatic nitrogens is 4. The number of carbonyl (C=O) groups is 2. The number of rotatable bonds is 5. The normalized spacial score (nSPS) is 13.0. The quantitative estimate of drug-likeness (QED) is 0.253. The first-order valence-electron chi connectivity index (χ1n) is 13.7. The summed E-state index contributed by atoms with van der Waals surface area (Å²) in [6.45, 7) is 6.69. The first-order chi connectivity index (χ1) is 20.6. The van der Waals surface area contributed by atoms with Gasteiger partial charge in [0.2, 0.25) is 11.8 Å². The van der Waals surface area contributed by atoms with Crippen LogP contribution in [0.1, 0.15) is 36.8 Å². The number of hydrogen-bond donors (Lipinski definition) is 1. The van der Waals surface area contributed by atoms with Crippen LogP contribution in [0.5, 0.6) is 5.88 Å². The molecule has 0 radical (unpaired) electrons. The molecule has 4 heterocycles. The molecule has 1 aliphatic heterocycles. The van der Waals surface area contributed by atoms with E-state index in [1.165, 1.54) is 18.3 Å². The number of hydrogen-bond acceptors (Lipinski definition) is 6. The molecule has 0 spiro atoms. The van der Waals surface area contributed by atoms with Crippen LogP contribution in [0.2, 0.25) is 5.02 Å². The number of benzene rings is 2. The van der Waals surface area contributed by atoms with Crippen molar-refractivity contribution in [1.29, 1.82) is 0 Å². The van der Waals surface area contributed by atoms with E-state index in [4.69, 9.17) is 16.3 Å². The van der Waals surface area contributed by atoms with Gasteiger partial charge < -0.3 is 19.5 Å². The predicted molar refractivity (Wildman–Crippen MR) is 163 cm³/mol. The van der Waals surface area contributed by atoms with Crippen molar-refractivity contribution in [2.45, 2.75) is 27.3 Å². The van der Waals surface area contributed by atoms with Crippen molar-refractivity contribution < 1.29 is 18.7 Å². The number of carbonyl (C=O) groups excluding carboxylic acids is 2. The van der Waals surface area contributed by atoms with Crippen LogP contribution < -0.4 is 15.0 Å². The number of ether oxygens (including phenoxy) is 1. The molecule has 1 N–H and O–H groups in total. The van der Waals surface area contributed by atoms with E-state index >= 15 is 0 Å². The Morgan fingerprint density at radius 1 is 1.07 bits per heavy atom. The zero-order valence-corrected chi connectivity index (χ0v) is 24.5. The molecule has 9 nitrogen and oxygen atoms in total. The first kappa shape index (κ1) is 28.3. The third-order valence-corrected chi connectivity index (χ3v) is 7.38. The Bertz CT molecular complexity index is 1880. The molecule has 0 saturated heterocycles. The summed E-state index contributed by atoms with van der Waals surface area (Å²) in [5, 5.41) is 3.18. The minimum atomic E-state index is -0.575. The van der Waals surface area contributed by atoms with Crippen molar-refractivity contribution in [3.05, 3.63) is 95.3 Å². The Morgan fingerprint density at radius 2 is 1.91 bits per heavy atom. The fourth-order valence-corrected chi connectivity index (χ4v) is 5.14. The molecule has 0 unspecified atom stereocenters. The fourth-order valence-electron chi connectivity index (χ4n) is 4.93. The van der Waals surface area contributed by atoms with Gasteiger partial charge in [-0.3, -0.25) is 9.59 Å². The van der Waals surface area contributed by atoms with E-state index in [0.717, 1.165) is 22.2 Å². The van der Waals surface area contributed by atoms with Gasteiger partial charge in [0.1, 0.15) is 29.6 Å². The highest BCUT2D eigenvalue weighted by molar-refractivity contribution is 6.33. The third-order valence-electron chi connectivity index (χ3n) is 7.07. The first-order valence-corrected chi connectivity index (χ1v) is 14.1. The molecule has 3 aromatic heterocycles. The van der Waals surface area contributed by atoms with E-state index in [0.29, 0.717) is 29.4 Å². The topological polar surface area (TPSA) is 102 Å². The van der Waals surface area contributed by atoms with Gasteiger partial charge in [0.15, 0.2) is 0 Å². The second-order valence-electron chi connectivity index (χ2n) is 11.3. The van der Waals surface area contributed by atoms with Crippen LogP contribution in [0.15, 0.2) is 73.2 Å². The molecular formula is C32H28ClFN6O3. The molecule has 43 heavy (non-hydrogen) atoms. The maximum atomic E-state index is 13.7. The largest absolute Gasteiger partial charge is 0.474 e. The van der Waals surface area contributed by atoms with Gasteiger partial charge in [-0.05, 0) is 53.6 Å². The zero-order chi connectivity index (χ0) is 30.3. The Kier molecular flexibility index (Phi) is 7.31. The number of pyridine rings is 2. The van der Waals surface area contributed by atoms with Crippen molar-refractivity contribution in [3.8, 4) is 17.0 Å². The summed E-state index contributed by atoms with van der Waals surface area (Å²) in [5.41, 5.74) is 3.96. The van der Waals surface area contributed by atoms with Gasteiger partial charge in [0.25, 0.3) is 5.91 Å². The average molecular weight is 599 g/mol. The summed E-state index contributed by atoms with van der Waals surface area (Å²) in [4.78, 5) is 40.9. The maximum absolute atomic E-state index is 13.7. The molecule has 11 heteroatoms. The van der Waals surface area contributed by atoms with Crippen LogP contribution in [-0.2, 0) is 11.3 Å². The van der Waals surface area contributed by atoms with Crippen molar-refractivity contribution in [2.24, 2.45) is 5.41 Å². The highest BCUT2D eigenvalue weighted by Gasteiger charge is 2.32. The monoisotopic (exact) mass is 598 g/mol. The zero-order valence-electron chi connectivity index (χ0n) is 23.8. The summed E-state index contributed by atoms with van der Waals surface area (Å²) in [5.74, 6) is -0.331. The molecule has 5 aromatic rings. The number of anilines is 2. The van der Waals surface area contributed by atoms with Gasteiger partial charge in [0, 0.05) is 23.7 Å². The maximum Gasteiger partial charge on any atom is 0.275 e. The molecule has 0 fully saturated rings. The van der Waals surface area contributed by atoms with Crippen molar-refractivity contribution in [1.82, 2.24) is 19.5 Å². The summed E-state index contributed by atoms with van der Waals surface area (Å²) in [6, 6.07) is 17.1. The Hall–Kier alpha value is -4.83. The van der Waals surface area contributed by atoms with Crippen LogP contribution in [0, 0.1) is 11.2 Å². The van der Waals surface area contributed by atoms with Gasteiger partial charge in [-0.25, -0.2) is 19.3 Å². The lowest BCUT2D eigenvalue weighted by Crippen LogP contribution is -2.44. The van der Waals surface area contributed by atoms with Gasteiger partial charge in [0.05, 0.1) is 28.9 Å². The lowest BCUT2D eigenvalue weighted by molar-refractivity contribution is -0.126. The molecular weight excluding hydrogens is 571 g/mol. The number of amides is 2. The van der Waals surface area contributed by atoms with Gasteiger partial charge in [-0.2, -0.15) is 0 Å². The molecule has 0 atom stereocenters. The van der Waals surface area contributed by atoms with Crippen molar-refractivity contribution in [3.63, 3.8) is 0 Å². The Morgan fingerprint density at radius 3 is 2.70 bits per heavy atom. The smallest absolute Gasteiger partial charge is 0.275 e. The molecule has 6 rings (SSSR count). The second-order valence-corrected chi connectivity index (χ2v) is 11.7. The molecule has 2 amide bonds. The van der Waals surface area contributed by atoms with E-state index < -0.39 is 11.3 Å². The van der Waals surface area contributed by atoms with Crippen LogP contribution in [-0.4, -0.2) is 44.5 Å². The van der Waals surface area contributed by atoms with Gasteiger partial charge >= 0.3 is 0 Å². The summed E-state index contributed by atoms with van der Waals surface area (Å²) >= 11 is 6.55. The average Bonchev–Trinajstić information content (AvgIpc) is 3.38. The number of halogens is 2. The molecule has 2 aromatic carbocycles. The summed E-state index contributed by atoms with van der Waals surface area (Å²) < 4.78 is 21.4. The van der Waals surface area contributed by atoms with Crippen molar-refractivity contribution in [2.75, 3.05) is 23.4 Å². The van der Waals surface area contributed by atoms with Crippen LogP contribution in [0.4, 0.5) is 15.9 Å². The lowest BCUT2D eigenvalue weighted by Gasteiger charge is -2.33. The number of fused-ring (bicyclic) bond motifs is 2. The minimum Gasteiger partial charge on any atom is -0.474 e. The Labute approximate surface area is 252 Å². The number of nitrogens with one attached hydrogen (secondary N) is 1. The summed E-state index contributed by atoms with van der Waals surface area (Å²) in [7, 11) is 0. The standard InChI is InChI=1S/C32H28ClFN6O3/c1-32(2,3)31(42)40-11-12-43-30-26(40)10-9-25(37-30)29(41)38-28-15-22(23(33)16-35-28)20-7-8-24-27(14-20)39(18-36-24)17-19-5-4-6-21(34)13-19/h4-10,13-16,18H,11-12,17H2,1-3H3,(H,35,38,41). The SMILES string of the molecule is CC(C)(C)C(=O)N1CCOc2nc(C(=O)Nc3cc(-c4ccc5ncn(Cc6cccc(F)c6)c5c4)c(Cl)cn3)ccc21. The van der Waals surface area contributed by atoms with Gasteiger partial charge in [-0.15, -0.1) is 0 Å². The van der Waals surface area contributed by atoms with Crippen LogP contribution >= 0.6 is 11.6 Å².